The van der Waals surface area contributed by atoms with E-state index in [1.807, 2.05) is 0 Å². The Labute approximate surface area is 160 Å². The number of hydrogen-bond acceptors (Lipinski definition) is 4. The van der Waals surface area contributed by atoms with E-state index < -0.39 is 0 Å². The second-order valence-corrected chi connectivity index (χ2v) is 6.85. The summed E-state index contributed by atoms with van der Waals surface area (Å²) in [6, 6.07) is 7.62. The van der Waals surface area contributed by atoms with Gasteiger partial charge in [0, 0.05) is 44.1 Å². The molecule has 3 heterocycles. The summed E-state index contributed by atoms with van der Waals surface area (Å²) < 4.78 is 21.6. The summed E-state index contributed by atoms with van der Waals surface area (Å²) in [5.41, 5.74) is 1.49. The molecule has 146 valence electrons. The van der Waals surface area contributed by atoms with Crippen LogP contribution < -0.4 is 10.9 Å². The van der Waals surface area contributed by atoms with E-state index in [2.05, 4.69) is 10.4 Å². The first-order chi connectivity index (χ1) is 13.6. The Balaban J connectivity index is 1.44. The minimum atomic E-state index is -0.326. The van der Waals surface area contributed by atoms with Gasteiger partial charge >= 0.3 is 0 Å². The number of rotatable bonds is 6. The Morgan fingerprint density at radius 3 is 2.86 bits per heavy atom. The van der Waals surface area contributed by atoms with Gasteiger partial charge in [-0.1, -0.05) is 0 Å². The van der Waals surface area contributed by atoms with Crippen molar-refractivity contribution < 1.29 is 13.9 Å². The standard InChI is InChI=1S/C20H21FN4O3/c21-15-5-3-14(4-6-15)17-12-18-20(27)24(9-10-25(18)23-17)8-7-19(26)22-13-16-2-1-11-28-16/h3-6,9-10,12,16H,1-2,7-8,11,13H2,(H,22,26). The summed E-state index contributed by atoms with van der Waals surface area (Å²) in [5, 5.41) is 7.23. The minimum Gasteiger partial charge on any atom is -0.376 e. The molecule has 1 atom stereocenters. The van der Waals surface area contributed by atoms with Gasteiger partial charge in [0.2, 0.25) is 5.91 Å². The molecule has 1 N–H and O–H groups in total. The van der Waals surface area contributed by atoms with Crippen LogP contribution in [0.2, 0.25) is 0 Å². The number of nitrogens with one attached hydrogen (secondary N) is 1. The second-order valence-electron chi connectivity index (χ2n) is 6.85. The van der Waals surface area contributed by atoms with Gasteiger partial charge in [0.1, 0.15) is 11.3 Å². The molecule has 2 aromatic heterocycles. The molecule has 0 saturated carbocycles. The van der Waals surface area contributed by atoms with Crippen molar-refractivity contribution in [3.63, 3.8) is 0 Å². The van der Waals surface area contributed by atoms with E-state index in [1.165, 1.54) is 21.2 Å². The highest BCUT2D eigenvalue weighted by atomic mass is 19.1. The molecule has 1 aromatic carbocycles. The highest BCUT2D eigenvalue weighted by Crippen LogP contribution is 2.18. The van der Waals surface area contributed by atoms with E-state index in [9.17, 15) is 14.0 Å². The highest BCUT2D eigenvalue weighted by molar-refractivity contribution is 5.75. The Morgan fingerprint density at radius 1 is 1.29 bits per heavy atom. The molecule has 1 unspecified atom stereocenters. The zero-order chi connectivity index (χ0) is 19.5. The molecule has 0 bridgehead atoms. The van der Waals surface area contributed by atoms with Gasteiger partial charge in [0.05, 0.1) is 11.8 Å². The predicted molar refractivity (Wildman–Crippen MR) is 101 cm³/mol. The number of carbonyl (C=O) groups excluding carboxylic acids is 1. The molecule has 1 fully saturated rings. The number of fused-ring (bicyclic) bond motifs is 1. The van der Waals surface area contributed by atoms with Crippen LogP contribution in [0.25, 0.3) is 16.8 Å². The molecule has 1 aliphatic rings. The number of aryl methyl sites for hydroxylation is 1. The molecule has 8 heteroatoms. The molecule has 3 aromatic rings. The van der Waals surface area contributed by atoms with Gasteiger partial charge in [-0.3, -0.25) is 9.59 Å². The fourth-order valence-electron chi connectivity index (χ4n) is 3.31. The van der Waals surface area contributed by atoms with Crippen molar-refractivity contribution in [2.45, 2.75) is 31.9 Å². The van der Waals surface area contributed by atoms with E-state index in [4.69, 9.17) is 4.74 Å². The molecule has 28 heavy (non-hydrogen) atoms. The van der Waals surface area contributed by atoms with E-state index in [-0.39, 0.29) is 36.4 Å². The molecule has 4 rings (SSSR count). The average Bonchev–Trinajstić information content (AvgIpc) is 3.36. The first-order valence-corrected chi connectivity index (χ1v) is 9.33. The lowest BCUT2D eigenvalue weighted by Gasteiger charge is -2.11. The minimum absolute atomic E-state index is 0.0969. The third kappa shape index (κ3) is 3.96. The Morgan fingerprint density at radius 2 is 2.11 bits per heavy atom. The van der Waals surface area contributed by atoms with Gasteiger partial charge in [0.25, 0.3) is 5.56 Å². The van der Waals surface area contributed by atoms with E-state index in [0.717, 1.165) is 25.0 Å². The molecule has 0 spiro atoms. The van der Waals surface area contributed by atoms with Gasteiger partial charge in [-0.25, -0.2) is 8.91 Å². The summed E-state index contributed by atoms with van der Waals surface area (Å²) in [6.45, 7) is 1.54. The third-order valence-corrected chi connectivity index (χ3v) is 4.87. The van der Waals surface area contributed by atoms with Crippen molar-refractivity contribution in [3.05, 3.63) is 58.9 Å². The number of hydrogen-bond donors (Lipinski definition) is 1. The number of carbonyl (C=O) groups is 1. The van der Waals surface area contributed by atoms with Crippen LogP contribution in [0.4, 0.5) is 4.39 Å². The molecular formula is C20H21FN4O3. The lowest BCUT2D eigenvalue weighted by atomic mass is 10.1. The van der Waals surface area contributed by atoms with Crippen LogP contribution in [-0.4, -0.2) is 39.3 Å². The molecule has 1 saturated heterocycles. The first-order valence-electron chi connectivity index (χ1n) is 9.33. The fourth-order valence-corrected chi connectivity index (χ4v) is 3.31. The van der Waals surface area contributed by atoms with Crippen LogP contribution in [0.3, 0.4) is 0 Å². The number of nitrogens with zero attached hydrogens (tertiary/aromatic N) is 3. The van der Waals surface area contributed by atoms with Crippen LogP contribution in [0, 0.1) is 5.82 Å². The maximum Gasteiger partial charge on any atom is 0.276 e. The van der Waals surface area contributed by atoms with Gasteiger partial charge in [0.15, 0.2) is 0 Å². The lowest BCUT2D eigenvalue weighted by Crippen LogP contribution is -2.33. The van der Waals surface area contributed by atoms with Crippen LogP contribution in [0.5, 0.6) is 0 Å². The smallest absolute Gasteiger partial charge is 0.276 e. The Bertz CT molecular complexity index is 1040. The number of benzene rings is 1. The fraction of sp³-hybridized carbons (Fsp3) is 0.350. The Kier molecular flexibility index (Phi) is 5.21. The van der Waals surface area contributed by atoms with Crippen molar-refractivity contribution >= 4 is 11.4 Å². The largest absolute Gasteiger partial charge is 0.376 e. The maximum absolute atomic E-state index is 13.1. The zero-order valence-electron chi connectivity index (χ0n) is 15.3. The van der Waals surface area contributed by atoms with Crippen LogP contribution in [0.15, 0.2) is 47.5 Å². The molecule has 0 radical (unpaired) electrons. The molecule has 7 nitrogen and oxygen atoms in total. The lowest BCUT2D eigenvalue weighted by molar-refractivity contribution is -0.121. The normalized spacial score (nSPS) is 16.5. The Hall–Kier alpha value is -3.00. The maximum atomic E-state index is 13.1. The number of halogens is 1. The molecule has 1 amide bonds. The van der Waals surface area contributed by atoms with Gasteiger partial charge < -0.3 is 14.6 Å². The van der Waals surface area contributed by atoms with Gasteiger partial charge in [-0.05, 0) is 43.2 Å². The number of amides is 1. The van der Waals surface area contributed by atoms with Crippen LogP contribution in [0.1, 0.15) is 19.3 Å². The predicted octanol–water partition coefficient (Wildman–Crippen LogP) is 1.99. The third-order valence-electron chi connectivity index (χ3n) is 4.87. The van der Waals surface area contributed by atoms with Crippen molar-refractivity contribution in [1.82, 2.24) is 19.5 Å². The average molecular weight is 384 g/mol. The van der Waals surface area contributed by atoms with Crippen LogP contribution >= 0.6 is 0 Å². The molecular weight excluding hydrogens is 363 g/mol. The van der Waals surface area contributed by atoms with E-state index in [0.29, 0.717) is 17.8 Å². The van der Waals surface area contributed by atoms with Crippen LogP contribution in [-0.2, 0) is 16.1 Å². The number of aromatic nitrogens is 3. The van der Waals surface area contributed by atoms with Gasteiger partial charge in [-0.15, -0.1) is 0 Å². The summed E-state index contributed by atoms with van der Waals surface area (Å²) in [6.07, 6.45) is 5.59. The van der Waals surface area contributed by atoms with E-state index >= 15 is 0 Å². The quantitative estimate of drug-likeness (QED) is 0.705. The zero-order valence-corrected chi connectivity index (χ0v) is 15.3. The summed E-state index contributed by atoms with van der Waals surface area (Å²) in [7, 11) is 0. The SMILES string of the molecule is O=C(CCn1ccn2nc(-c3ccc(F)cc3)cc2c1=O)NCC1CCCO1. The molecule has 1 aliphatic heterocycles. The topological polar surface area (TPSA) is 77.6 Å². The summed E-state index contributed by atoms with van der Waals surface area (Å²) in [4.78, 5) is 24.7. The van der Waals surface area contributed by atoms with Crippen molar-refractivity contribution in [3.8, 4) is 11.3 Å². The number of ether oxygens (including phenoxy) is 1. The summed E-state index contributed by atoms with van der Waals surface area (Å²) in [5.74, 6) is -0.435. The van der Waals surface area contributed by atoms with Crippen molar-refractivity contribution in [2.75, 3.05) is 13.2 Å². The second kappa shape index (κ2) is 7.93. The monoisotopic (exact) mass is 384 g/mol. The first kappa shape index (κ1) is 18.4. The summed E-state index contributed by atoms with van der Waals surface area (Å²) >= 11 is 0. The van der Waals surface area contributed by atoms with Crippen molar-refractivity contribution in [1.29, 1.82) is 0 Å². The molecule has 0 aliphatic carbocycles. The van der Waals surface area contributed by atoms with Gasteiger partial charge in [-0.2, -0.15) is 5.10 Å². The van der Waals surface area contributed by atoms with Crippen molar-refractivity contribution in [2.24, 2.45) is 0 Å². The highest BCUT2D eigenvalue weighted by Gasteiger charge is 2.16. The van der Waals surface area contributed by atoms with E-state index in [1.54, 1.807) is 30.6 Å².